The molecule has 5 rings (SSSR count). The molecule has 0 spiro atoms. The van der Waals surface area contributed by atoms with Crippen molar-refractivity contribution in [2.45, 2.75) is 68.8 Å². The molecule has 5 atom stereocenters. The third kappa shape index (κ3) is 10.0. The number of likely N-dealkylation sites (N-methyl/N-ethyl adjacent to an activating group) is 1. The first-order chi connectivity index (χ1) is 24.2. The lowest BCUT2D eigenvalue weighted by Crippen LogP contribution is -2.56. The van der Waals surface area contributed by atoms with E-state index in [0.717, 1.165) is 18.4 Å². The van der Waals surface area contributed by atoms with Crippen LogP contribution in [0.2, 0.25) is 0 Å². The summed E-state index contributed by atoms with van der Waals surface area (Å²) in [7, 11) is 3.75. The fourth-order valence-electron chi connectivity index (χ4n) is 6.81. The van der Waals surface area contributed by atoms with Crippen LogP contribution in [-0.4, -0.2) is 90.0 Å². The van der Waals surface area contributed by atoms with Gasteiger partial charge in [0, 0.05) is 26.1 Å². The van der Waals surface area contributed by atoms with E-state index in [0.29, 0.717) is 56.3 Å². The Labute approximate surface area is 304 Å². The van der Waals surface area contributed by atoms with Gasteiger partial charge in [0.15, 0.2) is 0 Å². The van der Waals surface area contributed by atoms with E-state index in [1.165, 1.54) is 4.90 Å². The number of nitrogens with zero attached hydrogens (tertiary/aromatic N) is 2. The van der Waals surface area contributed by atoms with Crippen LogP contribution < -0.4 is 16.0 Å². The van der Waals surface area contributed by atoms with Crippen LogP contribution in [-0.2, 0) is 20.8 Å². The van der Waals surface area contributed by atoms with Gasteiger partial charge in [-0.05, 0) is 82.7 Å². The van der Waals surface area contributed by atoms with Crippen LogP contribution in [0.3, 0.4) is 0 Å². The molecule has 268 valence electrons. The Balaban J connectivity index is 0.00000181. The van der Waals surface area contributed by atoms with Crippen LogP contribution in [0.15, 0.2) is 78.9 Å². The Morgan fingerprint density at radius 2 is 1.58 bits per heavy atom. The zero-order valence-electron chi connectivity index (χ0n) is 29.3. The van der Waals surface area contributed by atoms with Crippen molar-refractivity contribution in [1.82, 2.24) is 25.8 Å². The summed E-state index contributed by atoms with van der Waals surface area (Å²) in [4.78, 5) is 68.9. The molecule has 2 aliphatic heterocycles. The van der Waals surface area contributed by atoms with Crippen molar-refractivity contribution in [2.24, 2.45) is 11.8 Å². The standard InChI is InChI=1S/C37H43BrN4O5.C2H7N/c1-2-39-34(44)32(23-25-13-5-3-6-14-25)41-22-20-27(26-15-7-4-8-16-26)24-31(37(41)47)40-33(43)30(38)19-11-12-21-42-35(45)28-17-9-10-18-29(28)36(42)46;1-3-2/h3-10,13-15,17-18,26-27,30-32H,2,11-12,16,19-24H2,1H3,(H,39,44)(H,40,43);3H,1-2H3. The number of imide groups is 1. The van der Waals surface area contributed by atoms with Gasteiger partial charge < -0.3 is 20.9 Å². The Kier molecular flexibility index (Phi) is 15.0. The highest BCUT2D eigenvalue weighted by molar-refractivity contribution is 9.10. The number of benzene rings is 2. The zero-order valence-corrected chi connectivity index (χ0v) is 30.9. The number of fused-ring (bicyclic) bond motifs is 1. The minimum atomic E-state index is -0.777. The van der Waals surface area contributed by atoms with E-state index in [1.807, 2.05) is 63.5 Å². The first-order valence-electron chi connectivity index (χ1n) is 17.6. The number of likely N-dealkylation sites (tertiary alicyclic amines) is 1. The summed E-state index contributed by atoms with van der Waals surface area (Å²) in [5.41, 5.74) is 1.81. The molecular formula is C39H50BrN5O5. The van der Waals surface area contributed by atoms with Crippen molar-refractivity contribution < 1.29 is 24.0 Å². The molecule has 2 heterocycles. The maximum atomic E-state index is 14.2. The largest absolute Gasteiger partial charge is 0.355 e. The molecule has 0 radical (unpaired) electrons. The fraction of sp³-hybridized carbons (Fsp3) is 0.462. The van der Waals surface area contributed by atoms with Crippen LogP contribution in [0, 0.1) is 11.8 Å². The van der Waals surface area contributed by atoms with Crippen LogP contribution in [0.4, 0.5) is 0 Å². The average molecular weight is 749 g/mol. The number of allylic oxidation sites excluding steroid dienone is 4. The molecule has 1 fully saturated rings. The number of nitrogens with one attached hydrogen (secondary N) is 3. The molecule has 2 aromatic carbocycles. The minimum absolute atomic E-state index is 0.149. The first-order valence-corrected chi connectivity index (χ1v) is 18.5. The molecule has 10 nitrogen and oxygen atoms in total. The zero-order chi connectivity index (χ0) is 36.0. The third-order valence-electron chi connectivity index (χ3n) is 9.35. The molecule has 0 saturated carbocycles. The van der Waals surface area contributed by atoms with Crippen LogP contribution in [0.5, 0.6) is 0 Å². The van der Waals surface area contributed by atoms with Gasteiger partial charge in [-0.25, -0.2) is 0 Å². The number of halogens is 1. The van der Waals surface area contributed by atoms with Crippen molar-refractivity contribution in [1.29, 1.82) is 0 Å². The molecule has 0 aromatic heterocycles. The lowest BCUT2D eigenvalue weighted by atomic mass is 9.81. The topological polar surface area (TPSA) is 128 Å². The second-order valence-electron chi connectivity index (χ2n) is 13.0. The summed E-state index contributed by atoms with van der Waals surface area (Å²) in [5, 5.41) is 8.70. The SMILES string of the molecule is CCNC(=O)C(Cc1ccccc1)N1CCC(C2C=CC=CC2)CC(NC(=O)C(Br)CCCCN2C(=O)c3ccccc3C2=O)C1=O.CNC. The van der Waals surface area contributed by atoms with Crippen LogP contribution in [0.25, 0.3) is 0 Å². The molecule has 5 unspecified atom stereocenters. The van der Waals surface area contributed by atoms with Crippen molar-refractivity contribution in [3.63, 3.8) is 0 Å². The maximum Gasteiger partial charge on any atom is 0.261 e. The molecule has 3 N–H and O–H groups in total. The number of rotatable bonds is 13. The van der Waals surface area contributed by atoms with Crippen LogP contribution >= 0.6 is 15.9 Å². The van der Waals surface area contributed by atoms with Crippen LogP contribution in [0.1, 0.15) is 71.7 Å². The number of unbranched alkanes of at least 4 members (excludes halogenated alkanes) is 1. The molecular weight excluding hydrogens is 698 g/mol. The van der Waals surface area contributed by atoms with E-state index in [4.69, 9.17) is 0 Å². The minimum Gasteiger partial charge on any atom is -0.355 e. The van der Waals surface area contributed by atoms with Gasteiger partial charge >= 0.3 is 0 Å². The van der Waals surface area contributed by atoms with Gasteiger partial charge in [-0.1, -0.05) is 89.1 Å². The maximum absolute atomic E-state index is 14.2. The quantitative estimate of drug-likeness (QED) is 0.156. The predicted molar refractivity (Wildman–Crippen MR) is 199 cm³/mol. The van der Waals surface area contributed by atoms with Crippen molar-refractivity contribution in [3.05, 3.63) is 95.6 Å². The molecule has 1 saturated heterocycles. The Morgan fingerprint density at radius 1 is 0.920 bits per heavy atom. The van der Waals surface area contributed by atoms with Gasteiger partial charge in [0.25, 0.3) is 11.8 Å². The lowest BCUT2D eigenvalue weighted by Gasteiger charge is -2.32. The molecule has 2 aromatic rings. The lowest BCUT2D eigenvalue weighted by molar-refractivity contribution is -0.142. The number of hydrogen-bond donors (Lipinski definition) is 3. The summed E-state index contributed by atoms with van der Waals surface area (Å²) >= 11 is 3.53. The summed E-state index contributed by atoms with van der Waals surface area (Å²) in [6.07, 6.45) is 12.4. The first kappa shape index (κ1) is 38.7. The smallest absolute Gasteiger partial charge is 0.261 e. The van der Waals surface area contributed by atoms with Gasteiger partial charge in [0.2, 0.25) is 17.7 Å². The Hall–Kier alpha value is -4.09. The Bertz CT molecular complexity index is 1510. The molecule has 11 heteroatoms. The van der Waals surface area contributed by atoms with E-state index in [1.54, 1.807) is 29.2 Å². The summed E-state index contributed by atoms with van der Waals surface area (Å²) in [6, 6.07) is 15.0. The highest BCUT2D eigenvalue weighted by atomic mass is 79.9. The number of carbonyl (C=O) groups excluding carboxylic acids is 5. The number of amides is 5. The van der Waals surface area contributed by atoms with Gasteiger partial charge in [0.05, 0.1) is 16.0 Å². The van der Waals surface area contributed by atoms with Crippen molar-refractivity contribution in [3.8, 4) is 0 Å². The molecule has 5 amide bonds. The van der Waals surface area contributed by atoms with Gasteiger partial charge in [-0.2, -0.15) is 0 Å². The van der Waals surface area contributed by atoms with Crippen molar-refractivity contribution in [2.75, 3.05) is 33.7 Å². The monoisotopic (exact) mass is 747 g/mol. The van der Waals surface area contributed by atoms with E-state index in [-0.39, 0.29) is 47.9 Å². The molecule has 3 aliphatic rings. The normalized spacial score (nSPS) is 21.1. The predicted octanol–water partition coefficient (Wildman–Crippen LogP) is 4.66. The average Bonchev–Trinajstić information content (AvgIpc) is 3.25. The van der Waals surface area contributed by atoms with Gasteiger partial charge in [-0.3, -0.25) is 28.9 Å². The number of carbonyl (C=O) groups is 5. The highest BCUT2D eigenvalue weighted by Gasteiger charge is 2.40. The second-order valence-corrected chi connectivity index (χ2v) is 14.1. The second kappa shape index (κ2) is 19.3. The van der Waals surface area contributed by atoms with Gasteiger partial charge in [0.1, 0.15) is 12.1 Å². The highest BCUT2D eigenvalue weighted by Crippen LogP contribution is 2.32. The third-order valence-corrected chi connectivity index (χ3v) is 10.2. The van der Waals surface area contributed by atoms with Gasteiger partial charge in [-0.15, -0.1) is 0 Å². The fourth-order valence-corrected chi connectivity index (χ4v) is 7.26. The number of alkyl halides is 1. The summed E-state index contributed by atoms with van der Waals surface area (Å²) in [5.74, 6) is -0.917. The number of hydrogen-bond acceptors (Lipinski definition) is 6. The van der Waals surface area contributed by atoms with E-state index in [9.17, 15) is 24.0 Å². The van der Waals surface area contributed by atoms with E-state index in [2.05, 4.69) is 44.0 Å². The van der Waals surface area contributed by atoms with Crippen molar-refractivity contribution >= 4 is 45.5 Å². The molecule has 50 heavy (non-hydrogen) atoms. The summed E-state index contributed by atoms with van der Waals surface area (Å²) < 4.78 is 0. The van der Waals surface area contributed by atoms with E-state index < -0.39 is 16.9 Å². The Morgan fingerprint density at radius 3 is 2.20 bits per heavy atom. The molecule has 0 bridgehead atoms. The summed E-state index contributed by atoms with van der Waals surface area (Å²) in [6.45, 7) is 3.01. The van der Waals surface area contributed by atoms with E-state index >= 15 is 0 Å². The molecule has 1 aliphatic carbocycles.